The second kappa shape index (κ2) is 6.45. The van der Waals surface area contributed by atoms with Gasteiger partial charge in [0.2, 0.25) is 0 Å². The Bertz CT molecular complexity index is 546. The third-order valence-electron chi connectivity index (χ3n) is 3.33. The predicted octanol–water partition coefficient (Wildman–Crippen LogP) is 1.65. The van der Waals surface area contributed by atoms with Crippen LogP contribution in [0.15, 0.2) is 18.2 Å². The number of hydrogen-bond donors (Lipinski definition) is 2. The maximum absolute atomic E-state index is 12.2. The molecule has 0 spiro atoms. The number of rotatable bonds is 3. The number of anilines is 1. The predicted molar refractivity (Wildman–Crippen MR) is 76.0 cm³/mol. The highest BCUT2D eigenvalue weighted by atomic mass is 16.5. The van der Waals surface area contributed by atoms with Crippen LogP contribution in [0, 0.1) is 0 Å². The summed E-state index contributed by atoms with van der Waals surface area (Å²) >= 11 is 0. The van der Waals surface area contributed by atoms with Gasteiger partial charge in [-0.2, -0.15) is 0 Å². The van der Waals surface area contributed by atoms with Gasteiger partial charge in [0, 0.05) is 6.54 Å². The summed E-state index contributed by atoms with van der Waals surface area (Å²) in [5.74, 6) is -0.704. The van der Waals surface area contributed by atoms with Gasteiger partial charge in [-0.15, -0.1) is 0 Å². The van der Waals surface area contributed by atoms with Crippen molar-refractivity contribution in [2.45, 2.75) is 13.0 Å². The molecule has 1 saturated heterocycles. The van der Waals surface area contributed by atoms with Crippen LogP contribution in [-0.4, -0.2) is 54.9 Å². The molecule has 0 aromatic heterocycles. The fourth-order valence-electron chi connectivity index (χ4n) is 2.15. The van der Waals surface area contributed by atoms with E-state index in [-0.39, 0.29) is 23.3 Å². The molecule has 1 aromatic carbocycles. The first-order valence-corrected chi connectivity index (χ1v) is 6.59. The number of ether oxygens (including phenoxy) is 2. The van der Waals surface area contributed by atoms with Crippen molar-refractivity contribution in [3.8, 4) is 5.75 Å². The maximum Gasteiger partial charge on any atom is 0.337 e. The van der Waals surface area contributed by atoms with Gasteiger partial charge in [-0.3, -0.25) is 0 Å². The molecular weight excluding hydrogens is 276 g/mol. The Morgan fingerprint density at radius 1 is 1.48 bits per heavy atom. The molecule has 1 aromatic rings. The SMILES string of the molecule is COc1ccc(NC(=O)N2CCOCC2C)c(C(=O)O)c1. The quantitative estimate of drug-likeness (QED) is 0.885. The van der Waals surface area contributed by atoms with Crippen molar-refractivity contribution in [1.29, 1.82) is 0 Å². The van der Waals surface area contributed by atoms with Gasteiger partial charge in [-0.1, -0.05) is 0 Å². The largest absolute Gasteiger partial charge is 0.497 e. The Labute approximate surface area is 122 Å². The second-order valence-electron chi connectivity index (χ2n) is 4.76. The zero-order valence-electron chi connectivity index (χ0n) is 12.0. The number of amides is 2. The van der Waals surface area contributed by atoms with Crippen molar-refractivity contribution in [1.82, 2.24) is 4.90 Å². The number of carbonyl (C=O) groups excluding carboxylic acids is 1. The van der Waals surface area contributed by atoms with Crippen LogP contribution in [0.1, 0.15) is 17.3 Å². The van der Waals surface area contributed by atoms with Crippen molar-refractivity contribution < 1.29 is 24.2 Å². The summed E-state index contributed by atoms with van der Waals surface area (Å²) in [4.78, 5) is 25.1. The van der Waals surface area contributed by atoms with E-state index in [2.05, 4.69) is 5.32 Å². The highest BCUT2D eigenvalue weighted by molar-refractivity contribution is 6.00. The monoisotopic (exact) mass is 294 g/mol. The molecule has 0 aliphatic carbocycles. The van der Waals surface area contributed by atoms with E-state index in [1.807, 2.05) is 6.92 Å². The van der Waals surface area contributed by atoms with E-state index in [1.54, 1.807) is 11.0 Å². The normalized spacial score (nSPS) is 18.2. The minimum Gasteiger partial charge on any atom is -0.497 e. The van der Waals surface area contributed by atoms with Gasteiger partial charge in [-0.05, 0) is 25.1 Å². The zero-order valence-corrected chi connectivity index (χ0v) is 12.0. The van der Waals surface area contributed by atoms with E-state index in [0.717, 1.165) is 0 Å². The molecule has 1 atom stereocenters. The van der Waals surface area contributed by atoms with E-state index in [1.165, 1.54) is 19.2 Å². The van der Waals surface area contributed by atoms with E-state index in [0.29, 0.717) is 25.5 Å². The summed E-state index contributed by atoms with van der Waals surface area (Å²) in [6.07, 6.45) is 0. The molecule has 1 heterocycles. The summed E-state index contributed by atoms with van der Waals surface area (Å²) in [5, 5.41) is 11.9. The average Bonchev–Trinajstić information content (AvgIpc) is 2.47. The highest BCUT2D eigenvalue weighted by Crippen LogP contribution is 2.23. The molecule has 7 heteroatoms. The molecule has 114 valence electrons. The van der Waals surface area contributed by atoms with Gasteiger partial charge in [0.15, 0.2) is 0 Å². The van der Waals surface area contributed by atoms with E-state index >= 15 is 0 Å². The average molecular weight is 294 g/mol. The van der Waals surface area contributed by atoms with Crippen LogP contribution in [0.25, 0.3) is 0 Å². The first-order chi connectivity index (χ1) is 10.0. The van der Waals surface area contributed by atoms with Crippen molar-refractivity contribution in [3.63, 3.8) is 0 Å². The lowest BCUT2D eigenvalue weighted by Gasteiger charge is -2.33. The Hall–Kier alpha value is -2.28. The van der Waals surface area contributed by atoms with Gasteiger partial charge in [-0.25, -0.2) is 9.59 Å². The Morgan fingerprint density at radius 3 is 2.86 bits per heavy atom. The number of nitrogens with one attached hydrogen (secondary N) is 1. The minimum absolute atomic E-state index is 0.0105. The van der Waals surface area contributed by atoms with Crippen LogP contribution in [0.2, 0.25) is 0 Å². The molecule has 2 amide bonds. The lowest BCUT2D eigenvalue weighted by molar-refractivity contribution is 0.0221. The lowest BCUT2D eigenvalue weighted by atomic mass is 10.1. The van der Waals surface area contributed by atoms with E-state index in [4.69, 9.17) is 9.47 Å². The number of morpholine rings is 1. The molecule has 1 aliphatic heterocycles. The third kappa shape index (κ3) is 3.43. The van der Waals surface area contributed by atoms with Gasteiger partial charge in [0.25, 0.3) is 0 Å². The first kappa shape index (κ1) is 15.1. The highest BCUT2D eigenvalue weighted by Gasteiger charge is 2.25. The lowest BCUT2D eigenvalue weighted by Crippen LogP contribution is -2.49. The van der Waals surface area contributed by atoms with Gasteiger partial charge in [0.1, 0.15) is 5.75 Å². The van der Waals surface area contributed by atoms with Crippen molar-refractivity contribution in [2.75, 3.05) is 32.2 Å². The summed E-state index contributed by atoms with van der Waals surface area (Å²) < 4.78 is 10.3. The van der Waals surface area contributed by atoms with E-state index in [9.17, 15) is 14.7 Å². The van der Waals surface area contributed by atoms with Crippen LogP contribution in [0.3, 0.4) is 0 Å². The molecule has 0 bridgehead atoms. The molecule has 0 saturated carbocycles. The van der Waals surface area contributed by atoms with Crippen LogP contribution in [0.4, 0.5) is 10.5 Å². The number of hydrogen-bond acceptors (Lipinski definition) is 4. The molecule has 1 unspecified atom stereocenters. The van der Waals surface area contributed by atoms with Gasteiger partial charge in [0.05, 0.1) is 37.6 Å². The summed E-state index contributed by atoms with van der Waals surface area (Å²) in [5.41, 5.74) is 0.232. The standard InChI is InChI=1S/C14H18N2O5/c1-9-8-21-6-5-16(9)14(19)15-12-4-3-10(20-2)7-11(12)13(17)18/h3-4,7,9H,5-6,8H2,1-2H3,(H,15,19)(H,17,18). The molecule has 1 aliphatic rings. The number of aromatic carboxylic acids is 1. The molecule has 7 nitrogen and oxygen atoms in total. The number of methoxy groups -OCH3 is 1. The third-order valence-corrected chi connectivity index (χ3v) is 3.33. The van der Waals surface area contributed by atoms with Crippen molar-refractivity contribution in [3.05, 3.63) is 23.8 Å². The Balaban J connectivity index is 2.18. The van der Waals surface area contributed by atoms with E-state index < -0.39 is 5.97 Å². The fourth-order valence-corrected chi connectivity index (χ4v) is 2.15. The Kier molecular flexibility index (Phi) is 4.64. The topological polar surface area (TPSA) is 88.1 Å². The number of urea groups is 1. The summed E-state index contributed by atoms with van der Waals surface area (Å²) in [6.45, 7) is 3.31. The number of carboxylic acid groups (broad SMARTS) is 1. The number of nitrogens with zero attached hydrogens (tertiary/aromatic N) is 1. The Morgan fingerprint density at radius 2 is 2.24 bits per heavy atom. The molecule has 2 rings (SSSR count). The van der Waals surface area contributed by atoms with Gasteiger partial charge >= 0.3 is 12.0 Å². The molecule has 2 N–H and O–H groups in total. The van der Waals surface area contributed by atoms with Crippen LogP contribution >= 0.6 is 0 Å². The van der Waals surface area contributed by atoms with Crippen LogP contribution in [-0.2, 0) is 4.74 Å². The molecule has 0 radical (unpaired) electrons. The van der Waals surface area contributed by atoms with Crippen molar-refractivity contribution in [2.24, 2.45) is 0 Å². The first-order valence-electron chi connectivity index (χ1n) is 6.59. The molecule has 21 heavy (non-hydrogen) atoms. The maximum atomic E-state index is 12.2. The van der Waals surface area contributed by atoms with Gasteiger partial charge < -0.3 is 24.8 Å². The molecule has 1 fully saturated rings. The smallest absolute Gasteiger partial charge is 0.337 e. The number of carboxylic acids is 1. The minimum atomic E-state index is -1.13. The fraction of sp³-hybridized carbons (Fsp3) is 0.429. The zero-order chi connectivity index (χ0) is 15.4. The van der Waals surface area contributed by atoms with Crippen molar-refractivity contribution >= 4 is 17.7 Å². The van der Waals surface area contributed by atoms with Crippen LogP contribution < -0.4 is 10.1 Å². The van der Waals surface area contributed by atoms with Crippen LogP contribution in [0.5, 0.6) is 5.75 Å². The number of benzene rings is 1. The molecular formula is C14H18N2O5. The second-order valence-corrected chi connectivity index (χ2v) is 4.76. The number of carbonyl (C=O) groups is 2. The summed E-state index contributed by atoms with van der Waals surface area (Å²) in [7, 11) is 1.45. The summed E-state index contributed by atoms with van der Waals surface area (Å²) in [6, 6.07) is 4.11.